The van der Waals surface area contributed by atoms with Gasteiger partial charge in [-0.05, 0) is 25.7 Å². The molecule has 0 bridgehead atoms. The van der Waals surface area contributed by atoms with E-state index < -0.39 is 162 Å². The molecule has 0 aromatic heterocycles. The standard InChI is InChI=1S/C91H171O25P/c1-5-9-13-17-21-25-29-33-35-37-41-45-49-53-57-61-65-76(95)110-71(68-107-74(93)63-59-55-51-47-43-39-31-27-23-19-15-11-7-3)69-109-117(105,106)116-89-87(114-90-84(103)80(99)78(97)72(67-92)111-90)83(102)82(101)86(113-77(96)66-62-58-54-50-46-42-38-36-34-30-26-22-18-14-10-6-2)88(89)115-91-85(104)81(100)79(98)73(112-91)70-108-75(94)64-60-56-52-48-44-40-32-28-24-20-16-12-8-4/h71-73,78-92,97-104H,5-70H2,1-4H3,(H,105,106). The molecule has 18 unspecified atom stereocenters. The van der Waals surface area contributed by atoms with Gasteiger partial charge in [0.15, 0.2) is 24.8 Å². The third kappa shape index (κ3) is 50.9. The molecule has 117 heavy (non-hydrogen) atoms. The highest BCUT2D eigenvalue weighted by molar-refractivity contribution is 7.47. The van der Waals surface area contributed by atoms with Crippen molar-refractivity contribution >= 4 is 31.7 Å². The average molecular weight is 1700 g/mol. The molecule has 0 radical (unpaired) electrons. The third-order valence-electron chi connectivity index (χ3n) is 23.6. The van der Waals surface area contributed by atoms with E-state index in [9.17, 15) is 74.6 Å². The fourth-order valence-electron chi connectivity index (χ4n) is 16.0. The van der Waals surface area contributed by atoms with Crippen LogP contribution in [-0.2, 0) is 70.7 Å². The van der Waals surface area contributed by atoms with E-state index in [4.69, 9.17) is 46.9 Å². The Morgan fingerprint density at radius 2 is 0.590 bits per heavy atom. The SMILES string of the molecule is CCCCCCCCCCCCCCCCCCC(=O)OC(COC(=O)CCCCCCCCCCCCCCC)COP(=O)(O)OC1C(OC2OC(CO)C(O)C(O)C2O)C(O)C(O)C(OC(=O)CCCCCCCCCCCCCCCCCC)C1OC1OC(COC(=O)CCCCCCCCCCCCCCC)C(O)C(O)C1O. The van der Waals surface area contributed by atoms with Gasteiger partial charge < -0.3 is 88.7 Å². The number of carbonyl (C=O) groups is 4. The zero-order chi connectivity index (χ0) is 85.4. The van der Waals surface area contributed by atoms with E-state index in [2.05, 4.69) is 27.7 Å². The number of phosphoric ester groups is 1. The Kier molecular flexibility index (Phi) is 65.7. The maximum Gasteiger partial charge on any atom is 0.472 e. The zero-order valence-electron chi connectivity index (χ0n) is 73.5. The molecule has 1 aliphatic carbocycles. The molecule has 0 amide bonds. The molecule has 1 saturated carbocycles. The highest BCUT2D eigenvalue weighted by Gasteiger charge is 2.60. The second-order valence-corrected chi connectivity index (χ2v) is 35.7. The van der Waals surface area contributed by atoms with Gasteiger partial charge in [-0.3, -0.25) is 28.2 Å². The topological polar surface area (TPSA) is 380 Å². The number of unbranched alkanes of at least 4 members (excludes halogenated alkanes) is 54. The number of aliphatic hydroxyl groups is 9. The van der Waals surface area contributed by atoms with E-state index in [1.54, 1.807) is 0 Å². The lowest BCUT2D eigenvalue weighted by molar-refractivity contribution is -0.360. The van der Waals surface area contributed by atoms with E-state index in [0.29, 0.717) is 32.1 Å². The molecule has 3 aliphatic rings. The quantitative estimate of drug-likeness (QED) is 0.0117. The fraction of sp³-hybridized carbons (Fsp3) is 0.956. The molecule has 0 aromatic rings. The van der Waals surface area contributed by atoms with Crippen molar-refractivity contribution in [2.24, 2.45) is 0 Å². The first-order valence-corrected chi connectivity index (χ1v) is 49.3. The van der Waals surface area contributed by atoms with E-state index in [-0.39, 0.29) is 25.7 Å². The number of hydrogen-bond donors (Lipinski definition) is 10. The average Bonchev–Trinajstić information content (AvgIpc) is 0.754. The van der Waals surface area contributed by atoms with Crippen molar-refractivity contribution in [3.63, 3.8) is 0 Å². The largest absolute Gasteiger partial charge is 0.472 e. The summed E-state index contributed by atoms with van der Waals surface area (Å²) in [5.41, 5.74) is 0. The zero-order valence-corrected chi connectivity index (χ0v) is 74.4. The molecule has 2 saturated heterocycles. The first-order valence-electron chi connectivity index (χ1n) is 47.8. The monoisotopic (exact) mass is 1700 g/mol. The Bertz CT molecular complexity index is 2430. The molecule has 3 fully saturated rings. The van der Waals surface area contributed by atoms with Gasteiger partial charge in [-0.25, -0.2) is 4.57 Å². The molecule has 26 heteroatoms. The molecule has 2 heterocycles. The highest BCUT2D eigenvalue weighted by Crippen LogP contribution is 2.49. The van der Waals surface area contributed by atoms with Crippen LogP contribution in [0.25, 0.3) is 0 Å². The van der Waals surface area contributed by atoms with E-state index in [0.717, 1.165) is 128 Å². The van der Waals surface area contributed by atoms with Crippen LogP contribution in [0, 0.1) is 0 Å². The number of esters is 4. The van der Waals surface area contributed by atoms with Crippen molar-refractivity contribution in [3.8, 4) is 0 Å². The molecule has 2 aliphatic heterocycles. The predicted molar refractivity (Wildman–Crippen MR) is 453 cm³/mol. The van der Waals surface area contributed by atoms with Crippen LogP contribution < -0.4 is 0 Å². The smallest absolute Gasteiger partial charge is 0.463 e. The number of hydrogen-bond acceptors (Lipinski definition) is 24. The maximum absolute atomic E-state index is 14.9. The molecule has 690 valence electrons. The molecular formula is C91H171O25P. The summed E-state index contributed by atoms with van der Waals surface area (Å²) >= 11 is 0. The van der Waals surface area contributed by atoms with Crippen LogP contribution in [0.3, 0.4) is 0 Å². The van der Waals surface area contributed by atoms with Crippen molar-refractivity contribution in [3.05, 3.63) is 0 Å². The summed E-state index contributed by atoms with van der Waals surface area (Å²) in [6.45, 7) is 5.64. The lowest BCUT2D eigenvalue weighted by Gasteiger charge is -2.50. The summed E-state index contributed by atoms with van der Waals surface area (Å²) in [7, 11) is -5.80. The van der Waals surface area contributed by atoms with Gasteiger partial charge in [-0.1, -0.05) is 374 Å². The van der Waals surface area contributed by atoms with Crippen LogP contribution in [0.1, 0.15) is 426 Å². The van der Waals surface area contributed by atoms with Gasteiger partial charge in [0, 0.05) is 25.7 Å². The maximum atomic E-state index is 14.9. The summed E-state index contributed by atoms with van der Waals surface area (Å²) < 4.78 is 73.5. The van der Waals surface area contributed by atoms with Crippen LogP contribution in [0.4, 0.5) is 0 Å². The minimum Gasteiger partial charge on any atom is -0.463 e. The van der Waals surface area contributed by atoms with Crippen molar-refractivity contribution in [1.82, 2.24) is 0 Å². The van der Waals surface area contributed by atoms with Gasteiger partial charge in [0.2, 0.25) is 0 Å². The Balaban J connectivity index is 1.91. The molecule has 3 rings (SSSR count). The summed E-state index contributed by atoms with van der Waals surface area (Å²) in [6.07, 6.45) is 28.0. The van der Waals surface area contributed by atoms with Gasteiger partial charge in [0.05, 0.1) is 13.2 Å². The van der Waals surface area contributed by atoms with Crippen LogP contribution in [0.15, 0.2) is 0 Å². The van der Waals surface area contributed by atoms with Crippen LogP contribution in [0.5, 0.6) is 0 Å². The normalized spacial score (nSPS) is 25.0. The van der Waals surface area contributed by atoms with Gasteiger partial charge in [-0.15, -0.1) is 0 Å². The van der Waals surface area contributed by atoms with Gasteiger partial charge in [-0.2, -0.15) is 0 Å². The minimum atomic E-state index is -5.80. The first kappa shape index (κ1) is 109. The van der Waals surface area contributed by atoms with Gasteiger partial charge >= 0.3 is 31.7 Å². The number of aliphatic hydroxyl groups excluding tert-OH is 9. The van der Waals surface area contributed by atoms with Gasteiger partial charge in [0.25, 0.3) is 0 Å². The summed E-state index contributed by atoms with van der Waals surface area (Å²) in [5, 5.41) is 102. The molecule has 0 aromatic carbocycles. The molecule has 18 atom stereocenters. The number of carbonyl (C=O) groups excluding carboxylic acids is 4. The molecule has 10 N–H and O–H groups in total. The summed E-state index contributed by atoms with van der Waals surface area (Å²) in [4.78, 5) is 66.5. The van der Waals surface area contributed by atoms with Crippen molar-refractivity contribution in [2.75, 3.05) is 26.4 Å². The molecular weight excluding hydrogens is 1520 g/mol. The van der Waals surface area contributed by atoms with Crippen LogP contribution in [-0.4, -0.2) is 205 Å². The lowest BCUT2D eigenvalue weighted by Crippen LogP contribution is -2.70. The fourth-order valence-corrected chi connectivity index (χ4v) is 17.0. The highest BCUT2D eigenvalue weighted by atomic mass is 31.2. The Hall–Kier alpha value is -2.53. The van der Waals surface area contributed by atoms with Crippen molar-refractivity contribution < 1.29 is 122 Å². The number of ether oxygens (including phenoxy) is 8. The third-order valence-corrected chi connectivity index (χ3v) is 24.6. The Morgan fingerprint density at radius 3 is 0.932 bits per heavy atom. The van der Waals surface area contributed by atoms with Crippen molar-refractivity contribution in [1.29, 1.82) is 0 Å². The Morgan fingerprint density at radius 1 is 0.308 bits per heavy atom. The number of rotatable bonds is 78. The van der Waals surface area contributed by atoms with Crippen molar-refractivity contribution in [2.45, 2.75) is 530 Å². The van der Waals surface area contributed by atoms with E-state index >= 15 is 0 Å². The molecule has 25 nitrogen and oxygen atoms in total. The summed E-state index contributed by atoms with van der Waals surface area (Å²) in [6, 6.07) is 0. The first-order chi connectivity index (χ1) is 56.7. The van der Waals surface area contributed by atoms with E-state index in [1.165, 1.54) is 212 Å². The van der Waals surface area contributed by atoms with Crippen LogP contribution >= 0.6 is 7.82 Å². The van der Waals surface area contributed by atoms with Gasteiger partial charge in [0.1, 0.15) is 92.6 Å². The minimum absolute atomic E-state index is 0.0199. The predicted octanol–water partition coefficient (Wildman–Crippen LogP) is 17.8. The Labute approximate surface area is 706 Å². The van der Waals surface area contributed by atoms with Crippen LogP contribution in [0.2, 0.25) is 0 Å². The lowest BCUT2D eigenvalue weighted by atomic mass is 9.84. The number of phosphoric acid groups is 1. The molecule has 0 spiro atoms. The van der Waals surface area contributed by atoms with E-state index in [1.807, 2.05) is 0 Å². The second kappa shape index (κ2) is 70.7. The second-order valence-electron chi connectivity index (χ2n) is 34.3. The summed E-state index contributed by atoms with van der Waals surface area (Å²) in [5.74, 6) is -2.94.